The zero-order valence-corrected chi connectivity index (χ0v) is 9.55. The van der Waals surface area contributed by atoms with Crippen LogP contribution in [0, 0.1) is 0 Å². The van der Waals surface area contributed by atoms with E-state index >= 15 is 0 Å². The van der Waals surface area contributed by atoms with Crippen LogP contribution < -0.4 is 0 Å². The molecule has 1 fully saturated rings. The van der Waals surface area contributed by atoms with E-state index < -0.39 is 10.7 Å². The summed E-state index contributed by atoms with van der Waals surface area (Å²) in [6, 6.07) is -0.169. The van der Waals surface area contributed by atoms with Crippen molar-refractivity contribution in [1.82, 2.24) is 9.80 Å². The van der Waals surface area contributed by atoms with Crippen molar-refractivity contribution < 1.29 is 9.59 Å². The zero-order chi connectivity index (χ0) is 10.9. The van der Waals surface area contributed by atoms with Gasteiger partial charge in [-0.1, -0.05) is 0 Å². The fourth-order valence-electron chi connectivity index (χ4n) is 1.62. The molecule has 2 amide bonds. The third kappa shape index (κ3) is 2.30. The van der Waals surface area contributed by atoms with Crippen LogP contribution in [0.3, 0.4) is 0 Å². The summed E-state index contributed by atoms with van der Waals surface area (Å²) in [6.45, 7) is 4.53. The lowest BCUT2D eigenvalue weighted by Gasteiger charge is -2.42. The van der Waals surface area contributed by atoms with E-state index in [2.05, 4.69) is 0 Å². The number of rotatable bonds is 0. The van der Waals surface area contributed by atoms with E-state index in [0.717, 1.165) is 0 Å². The Kier molecular flexibility index (Phi) is 3.61. The van der Waals surface area contributed by atoms with Crippen molar-refractivity contribution in [3.05, 3.63) is 0 Å². The van der Waals surface area contributed by atoms with Crippen LogP contribution in [0.1, 0.15) is 13.8 Å². The van der Waals surface area contributed by atoms with Crippen molar-refractivity contribution in [2.45, 2.75) is 25.9 Å². The number of hydrogen-bond acceptors (Lipinski definition) is 2. The van der Waals surface area contributed by atoms with Crippen LogP contribution in [0.15, 0.2) is 0 Å². The van der Waals surface area contributed by atoms with Crippen LogP contribution in [0.5, 0.6) is 0 Å². The van der Waals surface area contributed by atoms with E-state index in [-0.39, 0.29) is 12.1 Å². The second kappa shape index (κ2) is 4.36. The number of nitrogens with zero attached hydrogens (tertiary/aromatic N) is 2. The molecule has 1 heterocycles. The van der Waals surface area contributed by atoms with Gasteiger partial charge >= 0.3 is 10.7 Å². The average molecular weight is 239 g/mol. The Balaban J connectivity index is 2.71. The van der Waals surface area contributed by atoms with Crippen molar-refractivity contribution in [3.8, 4) is 0 Å². The first-order chi connectivity index (χ1) is 6.43. The quantitative estimate of drug-likeness (QED) is 0.479. The Labute approximate surface area is 92.7 Å². The van der Waals surface area contributed by atoms with Gasteiger partial charge in [0.05, 0.1) is 0 Å². The lowest BCUT2D eigenvalue weighted by Crippen LogP contribution is -2.57. The molecule has 80 valence electrons. The maximum atomic E-state index is 11.0. The summed E-state index contributed by atoms with van der Waals surface area (Å²) in [6.07, 6.45) is 0. The van der Waals surface area contributed by atoms with Gasteiger partial charge in [0.2, 0.25) is 0 Å². The molecule has 14 heavy (non-hydrogen) atoms. The maximum Gasteiger partial charge on any atom is 0.316 e. The molecule has 0 spiro atoms. The molecule has 0 aromatic heterocycles. The number of hydrogen-bond donors (Lipinski definition) is 0. The molecule has 6 heteroatoms. The number of halogens is 2. The van der Waals surface area contributed by atoms with Gasteiger partial charge in [0.15, 0.2) is 0 Å². The Bertz CT molecular complexity index is 234. The standard InChI is InChI=1S/C8H12Cl2N2O2/c1-5-3-12(8(10)14)6(2)4-11(5)7(9)13/h5-6H,3-4H2,1-2H3/t5-,6-/m1/s1. The van der Waals surface area contributed by atoms with Gasteiger partial charge in [-0.15, -0.1) is 0 Å². The fraction of sp³-hybridized carbons (Fsp3) is 0.750. The van der Waals surface area contributed by atoms with Crippen LogP contribution in [0.25, 0.3) is 0 Å². The highest BCUT2D eigenvalue weighted by Crippen LogP contribution is 2.18. The van der Waals surface area contributed by atoms with Gasteiger partial charge in [-0.05, 0) is 37.0 Å². The van der Waals surface area contributed by atoms with Gasteiger partial charge in [0.1, 0.15) is 0 Å². The Hall–Kier alpha value is -0.480. The predicted octanol–water partition coefficient (Wildman–Crippen LogP) is 2.10. The SMILES string of the molecule is C[C@@H]1CN(C(=O)Cl)[C@H](C)CN1C(=O)Cl. The van der Waals surface area contributed by atoms with Crippen molar-refractivity contribution in [2.24, 2.45) is 0 Å². The molecule has 0 radical (unpaired) electrons. The maximum absolute atomic E-state index is 11.0. The molecule has 2 atom stereocenters. The van der Waals surface area contributed by atoms with E-state index in [4.69, 9.17) is 23.2 Å². The molecule has 0 saturated carbocycles. The van der Waals surface area contributed by atoms with Gasteiger partial charge in [0, 0.05) is 25.2 Å². The molecular weight excluding hydrogens is 227 g/mol. The lowest BCUT2D eigenvalue weighted by molar-refractivity contribution is 0.100. The van der Waals surface area contributed by atoms with Crippen molar-refractivity contribution in [3.63, 3.8) is 0 Å². The molecule has 0 aliphatic carbocycles. The number of carbonyl (C=O) groups is 2. The van der Waals surface area contributed by atoms with Crippen molar-refractivity contribution in [2.75, 3.05) is 13.1 Å². The van der Waals surface area contributed by atoms with E-state index in [9.17, 15) is 9.59 Å². The molecule has 4 nitrogen and oxygen atoms in total. The molecule has 1 aliphatic rings. The monoisotopic (exact) mass is 238 g/mol. The molecule has 0 N–H and O–H groups in total. The van der Waals surface area contributed by atoms with E-state index in [1.807, 2.05) is 13.8 Å². The van der Waals surface area contributed by atoms with Gasteiger partial charge in [-0.2, -0.15) is 0 Å². The zero-order valence-electron chi connectivity index (χ0n) is 8.04. The highest BCUT2D eigenvalue weighted by atomic mass is 35.5. The summed E-state index contributed by atoms with van der Waals surface area (Å²) < 4.78 is 0. The summed E-state index contributed by atoms with van der Waals surface area (Å²) in [5.41, 5.74) is 0. The minimum absolute atomic E-state index is 0.0844. The average Bonchev–Trinajstić information content (AvgIpc) is 2.07. The van der Waals surface area contributed by atoms with E-state index in [1.165, 1.54) is 9.80 Å². The molecule has 1 rings (SSSR count). The normalized spacial score (nSPS) is 27.7. The van der Waals surface area contributed by atoms with Gasteiger partial charge in [-0.3, -0.25) is 9.59 Å². The number of piperazine rings is 1. The number of carbonyl (C=O) groups excluding carboxylic acids is 2. The van der Waals surface area contributed by atoms with Crippen LogP contribution >= 0.6 is 23.2 Å². The molecule has 0 aromatic rings. The van der Waals surface area contributed by atoms with Gasteiger partial charge in [-0.25, -0.2) is 0 Å². The fourth-order valence-corrected chi connectivity index (χ4v) is 2.09. The smallest absolute Gasteiger partial charge is 0.316 e. The molecule has 1 saturated heterocycles. The molecule has 0 bridgehead atoms. The summed E-state index contributed by atoms with van der Waals surface area (Å²) >= 11 is 10.8. The minimum Gasteiger partial charge on any atom is -0.323 e. The van der Waals surface area contributed by atoms with Crippen molar-refractivity contribution in [1.29, 1.82) is 0 Å². The van der Waals surface area contributed by atoms with Crippen LogP contribution in [0.4, 0.5) is 9.59 Å². The first-order valence-electron chi connectivity index (χ1n) is 4.35. The van der Waals surface area contributed by atoms with Crippen molar-refractivity contribution >= 4 is 33.9 Å². The topological polar surface area (TPSA) is 40.6 Å². The van der Waals surface area contributed by atoms with E-state index in [1.54, 1.807) is 0 Å². The highest BCUT2D eigenvalue weighted by molar-refractivity contribution is 6.63. The third-order valence-electron chi connectivity index (χ3n) is 2.44. The Morgan fingerprint density at radius 3 is 1.50 bits per heavy atom. The van der Waals surface area contributed by atoms with Crippen LogP contribution in [-0.2, 0) is 0 Å². The molecule has 0 aromatic carbocycles. The van der Waals surface area contributed by atoms with Crippen LogP contribution in [0.2, 0.25) is 0 Å². The first kappa shape index (κ1) is 11.6. The molecule has 0 unspecified atom stereocenters. The molecular formula is C8H12Cl2N2O2. The summed E-state index contributed by atoms with van der Waals surface area (Å²) in [4.78, 5) is 25.0. The predicted molar refractivity (Wildman–Crippen MR) is 54.8 cm³/mol. The lowest BCUT2D eigenvalue weighted by atomic mass is 10.1. The summed E-state index contributed by atoms with van der Waals surface area (Å²) in [7, 11) is 0. The second-order valence-electron chi connectivity index (χ2n) is 3.51. The van der Waals surface area contributed by atoms with Gasteiger partial charge < -0.3 is 9.80 Å². The summed E-state index contributed by atoms with van der Waals surface area (Å²) in [5, 5.41) is -0.961. The highest BCUT2D eigenvalue weighted by Gasteiger charge is 2.32. The largest absolute Gasteiger partial charge is 0.323 e. The Morgan fingerprint density at radius 1 is 1.00 bits per heavy atom. The number of amides is 2. The Morgan fingerprint density at radius 2 is 1.29 bits per heavy atom. The second-order valence-corrected chi connectivity index (χ2v) is 4.16. The van der Waals surface area contributed by atoms with Crippen LogP contribution in [-0.4, -0.2) is 45.7 Å². The third-order valence-corrected chi connectivity index (χ3v) is 2.87. The minimum atomic E-state index is -0.481. The molecule has 1 aliphatic heterocycles. The first-order valence-corrected chi connectivity index (χ1v) is 5.11. The summed E-state index contributed by atoms with van der Waals surface area (Å²) in [5.74, 6) is 0. The van der Waals surface area contributed by atoms with E-state index in [0.29, 0.717) is 13.1 Å². The van der Waals surface area contributed by atoms with Gasteiger partial charge in [0.25, 0.3) is 0 Å².